The van der Waals surface area contributed by atoms with Crippen molar-refractivity contribution >= 4 is 11.9 Å². The van der Waals surface area contributed by atoms with Crippen LogP contribution in [-0.2, 0) is 16.0 Å². The molecule has 0 aliphatic heterocycles. The number of hydrogen-bond donors (Lipinski definition) is 2. The zero-order valence-corrected chi connectivity index (χ0v) is 9.01. The van der Waals surface area contributed by atoms with E-state index in [1.54, 1.807) is 31.5 Å². The Morgan fingerprint density at radius 1 is 1.44 bits per heavy atom. The molecule has 1 aromatic rings. The monoisotopic (exact) mass is 222 g/mol. The van der Waals surface area contributed by atoms with Crippen molar-refractivity contribution in [3.05, 3.63) is 30.1 Å². The summed E-state index contributed by atoms with van der Waals surface area (Å²) < 4.78 is 0. The van der Waals surface area contributed by atoms with E-state index in [-0.39, 0.29) is 18.7 Å². The van der Waals surface area contributed by atoms with Gasteiger partial charge in [0.1, 0.15) is 6.04 Å². The number of carbonyl (C=O) groups is 2. The van der Waals surface area contributed by atoms with Gasteiger partial charge in [-0.1, -0.05) is 6.92 Å². The number of carboxylic acids is 1. The van der Waals surface area contributed by atoms with Crippen molar-refractivity contribution in [3.63, 3.8) is 0 Å². The van der Waals surface area contributed by atoms with Crippen molar-refractivity contribution in [1.82, 2.24) is 10.3 Å². The highest BCUT2D eigenvalue weighted by Gasteiger charge is 2.19. The minimum atomic E-state index is -1.03. The molecule has 0 aliphatic rings. The third-order valence-corrected chi connectivity index (χ3v) is 2.14. The van der Waals surface area contributed by atoms with Gasteiger partial charge in [-0.3, -0.25) is 9.78 Å². The summed E-state index contributed by atoms with van der Waals surface area (Å²) in [6.07, 6.45) is 3.73. The van der Waals surface area contributed by atoms with Crippen LogP contribution in [0, 0.1) is 0 Å². The van der Waals surface area contributed by atoms with Gasteiger partial charge in [0, 0.05) is 25.2 Å². The summed E-state index contributed by atoms with van der Waals surface area (Å²) in [6.45, 7) is 1.68. The Labute approximate surface area is 93.5 Å². The molecule has 2 N–H and O–H groups in total. The average Bonchev–Trinajstić information content (AvgIpc) is 2.29. The maximum absolute atomic E-state index is 11.1. The second kappa shape index (κ2) is 5.85. The van der Waals surface area contributed by atoms with E-state index in [9.17, 15) is 9.59 Å². The van der Waals surface area contributed by atoms with Gasteiger partial charge in [-0.25, -0.2) is 4.79 Å². The van der Waals surface area contributed by atoms with Gasteiger partial charge in [0.15, 0.2) is 0 Å². The molecule has 0 saturated carbocycles. The fraction of sp³-hybridized carbons (Fsp3) is 0.364. The zero-order valence-electron chi connectivity index (χ0n) is 9.01. The summed E-state index contributed by atoms with van der Waals surface area (Å²) in [5.41, 5.74) is 0.832. The van der Waals surface area contributed by atoms with Gasteiger partial charge in [-0.05, 0) is 17.7 Å². The predicted molar refractivity (Wildman–Crippen MR) is 57.8 cm³/mol. The number of aliphatic carboxylic acids is 1. The molecular weight excluding hydrogens is 208 g/mol. The lowest BCUT2D eigenvalue weighted by Gasteiger charge is -2.13. The van der Waals surface area contributed by atoms with Gasteiger partial charge < -0.3 is 10.4 Å². The minimum absolute atomic E-state index is 0.263. The second-order valence-electron chi connectivity index (χ2n) is 3.37. The van der Waals surface area contributed by atoms with E-state index in [0.717, 1.165) is 5.56 Å². The zero-order chi connectivity index (χ0) is 12.0. The van der Waals surface area contributed by atoms with Crippen LogP contribution in [-0.4, -0.2) is 28.0 Å². The molecule has 0 fully saturated rings. The number of hydrogen-bond acceptors (Lipinski definition) is 3. The molecule has 0 saturated heterocycles. The Kier molecular flexibility index (Phi) is 4.44. The Morgan fingerprint density at radius 3 is 2.56 bits per heavy atom. The number of rotatable bonds is 5. The maximum Gasteiger partial charge on any atom is 0.326 e. The topological polar surface area (TPSA) is 79.3 Å². The predicted octanol–water partition coefficient (Wildman–Crippen LogP) is 0.603. The maximum atomic E-state index is 11.1. The summed E-state index contributed by atoms with van der Waals surface area (Å²) in [6, 6.07) is 2.58. The van der Waals surface area contributed by atoms with Crippen LogP contribution in [0.3, 0.4) is 0 Å². The fourth-order valence-corrected chi connectivity index (χ4v) is 1.25. The molecule has 0 radical (unpaired) electrons. The van der Waals surface area contributed by atoms with Crippen molar-refractivity contribution in [2.24, 2.45) is 0 Å². The van der Waals surface area contributed by atoms with Gasteiger partial charge >= 0.3 is 5.97 Å². The molecule has 0 bridgehead atoms. The molecule has 1 rings (SSSR count). The Balaban J connectivity index is 2.65. The third kappa shape index (κ3) is 3.68. The molecule has 16 heavy (non-hydrogen) atoms. The van der Waals surface area contributed by atoms with Crippen molar-refractivity contribution < 1.29 is 14.7 Å². The molecule has 5 nitrogen and oxygen atoms in total. The molecule has 0 aliphatic carbocycles. The first kappa shape index (κ1) is 12.2. The van der Waals surface area contributed by atoms with Crippen molar-refractivity contribution in [2.75, 3.05) is 0 Å². The number of carboxylic acid groups (broad SMARTS) is 1. The summed E-state index contributed by atoms with van der Waals surface area (Å²) in [7, 11) is 0. The van der Waals surface area contributed by atoms with Gasteiger partial charge in [-0.15, -0.1) is 0 Å². The van der Waals surface area contributed by atoms with E-state index in [0.29, 0.717) is 0 Å². The summed E-state index contributed by atoms with van der Waals surface area (Å²) in [5.74, 6) is -1.29. The molecule has 86 valence electrons. The Bertz CT molecular complexity index is 365. The average molecular weight is 222 g/mol. The first-order chi connectivity index (χ1) is 7.63. The highest BCUT2D eigenvalue weighted by molar-refractivity contribution is 5.83. The van der Waals surface area contributed by atoms with Gasteiger partial charge in [0.2, 0.25) is 5.91 Å². The molecule has 1 unspecified atom stereocenters. The van der Waals surface area contributed by atoms with Gasteiger partial charge in [0.05, 0.1) is 0 Å². The van der Waals surface area contributed by atoms with E-state index in [4.69, 9.17) is 5.11 Å². The van der Waals surface area contributed by atoms with Crippen LogP contribution in [0.5, 0.6) is 0 Å². The molecule has 5 heteroatoms. The van der Waals surface area contributed by atoms with E-state index in [1.165, 1.54) is 0 Å². The van der Waals surface area contributed by atoms with Crippen molar-refractivity contribution in [1.29, 1.82) is 0 Å². The highest BCUT2D eigenvalue weighted by atomic mass is 16.4. The van der Waals surface area contributed by atoms with Crippen LogP contribution < -0.4 is 5.32 Å². The highest BCUT2D eigenvalue weighted by Crippen LogP contribution is 2.02. The van der Waals surface area contributed by atoms with E-state index in [2.05, 4.69) is 10.3 Å². The quantitative estimate of drug-likeness (QED) is 0.764. The standard InChI is InChI=1S/C11H14N2O3/c1-2-10(14)13-9(11(15)16)7-8-3-5-12-6-4-8/h3-6,9H,2,7H2,1H3,(H,13,14)(H,15,16). The number of amides is 1. The van der Waals surface area contributed by atoms with Crippen molar-refractivity contribution in [2.45, 2.75) is 25.8 Å². The van der Waals surface area contributed by atoms with Crippen LogP contribution in [0.4, 0.5) is 0 Å². The van der Waals surface area contributed by atoms with E-state index in [1.807, 2.05) is 0 Å². The van der Waals surface area contributed by atoms with Crippen LogP contribution >= 0.6 is 0 Å². The summed E-state index contributed by atoms with van der Waals surface area (Å²) in [5, 5.41) is 11.4. The lowest BCUT2D eigenvalue weighted by molar-refractivity contribution is -0.141. The summed E-state index contributed by atoms with van der Waals surface area (Å²) >= 11 is 0. The fourth-order valence-electron chi connectivity index (χ4n) is 1.25. The van der Waals surface area contributed by atoms with Gasteiger partial charge in [0.25, 0.3) is 0 Å². The first-order valence-corrected chi connectivity index (χ1v) is 5.04. The normalized spacial score (nSPS) is 11.8. The number of aromatic nitrogens is 1. The molecule has 1 atom stereocenters. The molecule has 1 heterocycles. The Hall–Kier alpha value is -1.91. The van der Waals surface area contributed by atoms with Crippen LogP contribution in [0.1, 0.15) is 18.9 Å². The second-order valence-corrected chi connectivity index (χ2v) is 3.37. The number of pyridine rings is 1. The number of carbonyl (C=O) groups excluding carboxylic acids is 1. The molecule has 0 aromatic carbocycles. The van der Waals surface area contributed by atoms with Gasteiger partial charge in [-0.2, -0.15) is 0 Å². The summed E-state index contributed by atoms with van der Waals surface area (Å²) in [4.78, 5) is 25.9. The minimum Gasteiger partial charge on any atom is -0.480 e. The number of nitrogens with zero attached hydrogens (tertiary/aromatic N) is 1. The molecule has 1 amide bonds. The van der Waals surface area contributed by atoms with E-state index >= 15 is 0 Å². The first-order valence-electron chi connectivity index (χ1n) is 5.04. The molecular formula is C11H14N2O3. The SMILES string of the molecule is CCC(=O)NC(Cc1ccncc1)C(=O)O. The van der Waals surface area contributed by atoms with Crippen molar-refractivity contribution in [3.8, 4) is 0 Å². The van der Waals surface area contributed by atoms with E-state index < -0.39 is 12.0 Å². The van der Waals surface area contributed by atoms with Crippen LogP contribution in [0.25, 0.3) is 0 Å². The lowest BCUT2D eigenvalue weighted by atomic mass is 10.1. The van der Waals surface area contributed by atoms with Crippen LogP contribution in [0.2, 0.25) is 0 Å². The smallest absolute Gasteiger partial charge is 0.326 e. The molecule has 1 aromatic heterocycles. The van der Waals surface area contributed by atoms with Crippen LogP contribution in [0.15, 0.2) is 24.5 Å². The molecule has 0 spiro atoms. The Morgan fingerprint density at radius 2 is 2.06 bits per heavy atom. The lowest BCUT2D eigenvalue weighted by Crippen LogP contribution is -2.42. The third-order valence-electron chi connectivity index (χ3n) is 2.14. The largest absolute Gasteiger partial charge is 0.480 e. The number of nitrogens with one attached hydrogen (secondary N) is 1.